The Kier molecular flexibility index (Phi) is 4.84. The van der Waals surface area contributed by atoms with E-state index in [0.29, 0.717) is 10.2 Å². The standard InChI is InChI=1S/C14H16BrN3O2S/c1-2-5-10-6-3-4-7-12(10)18-21(19,20)13-8-11(15)9-17-14(13)16/h3-4,6-9,18H,2,5H2,1H3,(H2,16,17). The summed E-state index contributed by atoms with van der Waals surface area (Å²) in [5.41, 5.74) is 7.19. The Morgan fingerprint density at radius 2 is 2.05 bits per heavy atom. The van der Waals surface area contributed by atoms with Crippen molar-refractivity contribution in [3.8, 4) is 0 Å². The van der Waals surface area contributed by atoms with Crippen LogP contribution >= 0.6 is 15.9 Å². The number of pyridine rings is 1. The average molecular weight is 370 g/mol. The van der Waals surface area contributed by atoms with Crippen molar-refractivity contribution in [2.24, 2.45) is 0 Å². The lowest BCUT2D eigenvalue weighted by Gasteiger charge is -2.13. The van der Waals surface area contributed by atoms with E-state index in [-0.39, 0.29) is 10.7 Å². The summed E-state index contributed by atoms with van der Waals surface area (Å²) in [5.74, 6) is -0.0290. The van der Waals surface area contributed by atoms with Crippen LogP contribution in [0.1, 0.15) is 18.9 Å². The number of nitrogens with one attached hydrogen (secondary N) is 1. The van der Waals surface area contributed by atoms with Crippen molar-refractivity contribution in [2.75, 3.05) is 10.5 Å². The second-order valence-electron chi connectivity index (χ2n) is 4.55. The minimum atomic E-state index is -3.77. The average Bonchev–Trinajstić information content (AvgIpc) is 2.43. The smallest absolute Gasteiger partial charge is 0.265 e. The quantitative estimate of drug-likeness (QED) is 0.847. The number of para-hydroxylation sites is 1. The molecule has 3 N–H and O–H groups in total. The number of halogens is 1. The number of nitrogens with two attached hydrogens (primary N) is 1. The van der Waals surface area contributed by atoms with Gasteiger partial charge in [-0.3, -0.25) is 4.72 Å². The van der Waals surface area contributed by atoms with Crippen molar-refractivity contribution in [2.45, 2.75) is 24.7 Å². The predicted octanol–water partition coefficient (Wildman–Crippen LogP) is 3.18. The van der Waals surface area contributed by atoms with Crippen LogP contribution in [-0.4, -0.2) is 13.4 Å². The number of aromatic nitrogens is 1. The van der Waals surface area contributed by atoms with E-state index in [4.69, 9.17) is 5.73 Å². The van der Waals surface area contributed by atoms with Gasteiger partial charge in [0.2, 0.25) is 0 Å². The van der Waals surface area contributed by atoms with Crippen molar-refractivity contribution < 1.29 is 8.42 Å². The van der Waals surface area contributed by atoms with Crippen LogP contribution in [0.5, 0.6) is 0 Å². The molecule has 2 aromatic rings. The van der Waals surface area contributed by atoms with Crippen molar-refractivity contribution in [3.63, 3.8) is 0 Å². The second-order valence-corrected chi connectivity index (χ2v) is 7.12. The molecule has 0 bridgehead atoms. The molecule has 21 heavy (non-hydrogen) atoms. The molecule has 0 saturated carbocycles. The van der Waals surface area contributed by atoms with Gasteiger partial charge in [0, 0.05) is 10.7 Å². The van der Waals surface area contributed by atoms with Crippen LogP contribution in [0.2, 0.25) is 0 Å². The van der Waals surface area contributed by atoms with Gasteiger partial charge in [-0.1, -0.05) is 31.5 Å². The fourth-order valence-corrected chi connectivity index (χ4v) is 3.65. The summed E-state index contributed by atoms with van der Waals surface area (Å²) in [6.07, 6.45) is 3.18. The summed E-state index contributed by atoms with van der Waals surface area (Å²) < 4.78 is 28.1. The number of rotatable bonds is 5. The zero-order chi connectivity index (χ0) is 15.5. The molecule has 0 unspecified atom stereocenters. The lowest BCUT2D eigenvalue weighted by molar-refractivity contribution is 0.601. The molecule has 0 aliphatic carbocycles. The molecule has 0 fully saturated rings. The van der Waals surface area contributed by atoms with Crippen molar-refractivity contribution in [1.29, 1.82) is 0 Å². The largest absolute Gasteiger partial charge is 0.383 e. The number of benzene rings is 1. The van der Waals surface area contributed by atoms with Crippen LogP contribution < -0.4 is 10.5 Å². The fourth-order valence-electron chi connectivity index (χ4n) is 1.95. The van der Waals surface area contributed by atoms with Gasteiger partial charge in [-0.25, -0.2) is 13.4 Å². The molecule has 1 aromatic carbocycles. The number of nitrogens with zero attached hydrogens (tertiary/aromatic N) is 1. The molecule has 7 heteroatoms. The highest BCUT2D eigenvalue weighted by Gasteiger charge is 2.20. The van der Waals surface area contributed by atoms with Crippen LogP contribution in [0.15, 0.2) is 45.9 Å². The minimum Gasteiger partial charge on any atom is -0.383 e. The molecule has 0 saturated heterocycles. The molecular formula is C14H16BrN3O2S. The zero-order valence-corrected chi connectivity index (χ0v) is 13.9. The van der Waals surface area contributed by atoms with Gasteiger partial charge in [0.25, 0.3) is 10.0 Å². The van der Waals surface area contributed by atoms with Gasteiger partial charge in [-0.05, 0) is 40.0 Å². The molecule has 5 nitrogen and oxygen atoms in total. The highest BCUT2D eigenvalue weighted by Crippen LogP contribution is 2.25. The molecule has 0 aliphatic heterocycles. The highest BCUT2D eigenvalue weighted by molar-refractivity contribution is 9.10. The van der Waals surface area contributed by atoms with Crippen LogP contribution in [-0.2, 0) is 16.4 Å². The van der Waals surface area contributed by atoms with Gasteiger partial charge >= 0.3 is 0 Å². The van der Waals surface area contributed by atoms with E-state index in [1.165, 1.54) is 12.3 Å². The lowest BCUT2D eigenvalue weighted by atomic mass is 10.1. The van der Waals surface area contributed by atoms with Crippen LogP contribution in [0.4, 0.5) is 11.5 Å². The van der Waals surface area contributed by atoms with Crippen LogP contribution in [0.3, 0.4) is 0 Å². The molecule has 1 aromatic heterocycles. The molecular weight excluding hydrogens is 354 g/mol. The first-order valence-electron chi connectivity index (χ1n) is 6.46. The van der Waals surface area contributed by atoms with E-state index >= 15 is 0 Å². The number of hydrogen-bond donors (Lipinski definition) is 2. The number of hydrogen-bond acceptors (Lipinski definition) is 4. The summed E-state index contributed by atoms with van der Waals surface area (Å²) in [4.78, 5) is 3.82. The second kappa shape index (κ2) is 6.44. The van der Waals surface area contributed by atoms with Crippen molar-refractivity contribution in [3.05, 3.63) is 46.6 Å². The Labute approximate surface area is 132 Å². The summed E-state index contributed by atoms with van der Waals surface area (Å²) >= 11 is 3.20. The summed E-state index contributed by atoms with van der Waals surface area (Å²) in [6.45, 7) is 2.04. The SMILES string of the molecule is CCCc1ccccc1NS(=O)(=O)c1cc(Br)cnc1N. The topological polar surface area (TPSA) is 85.1 Å². The van der Waals surface area contributed by atoms with Gasteiger partial charge in [0.15, 0.2) is 0 Å². The predicted molar refractivity (Wildman–Crippen MR) is 87.6 cm³/mol. The first-order valence-corrected chi connectivity index (χ1v) is 8.73. The maximum atomic E-state index is 12.5. The molecule has 1 heterocycles. The van der Waals surface area contributed by atoms with Gasteiger partial charge in [-0.15, -0.1) is 0 Å². The van der Waals surface area contributed by atoms with Crippen LogP contribution in [0.25, 0.3) is 0 Å². The van der Waals surface area contributed by atoms with Crippen molar-refractivity contribution >= 4 is 37.5 Å². The molecule has 0 radical (unpaired) electrons. The van der Waals surface area contributed by atoms with Gasteiger partial charge in [0.05, 0.1) is 5.69 Å². The molecule has 0 spiro atoms. The number of nitrogen functional groups attached to an aromatic ring is 1. The van der Waals surface area contributed by atoms with Gasteiger partial charge in [-0.2, -0.15) is 0 Å². The molecule has 0 amide bonds. The van der Waals surface area contributed by atoms with Gasteiger partial charge in [0.1, 0.15) is 10.7 Å². The molecule has 0 atom stereocenters. The number of aryl methyl sites for hydroxylation is 1. The molecule has 112 valence electrons. The Hall–Kier alpha value is -1.60. The Balaban J connectivity index is 2.40. The van der Waals surface area contributed by atoms with E-state index in [1.807, 2.05) is 19.1 Å². The van der Waals surface area contributed by atoms with Crippen LogP contribution in [0, 0.1) is 0 Å². The third-order valence-corrected chi connectivity index (χ3v) is 4.75. The van der Waals surface area contributed by atoms with E-state index in [0.717, 1.165) is 18.4 Å². The fraction of sp³-hybridized carbons (Fsp3) is 0.214. The van der Waals surface area contributed by atoms with E-state index in [1.54, 1.807) is 12.1 Å². The number of sulfonamides is 1. The normalized spacial score (nSPS) is 11.3. The third kappa shape index (κ3) is 3.74. The highest BCUT2D eigenvalue weighted by atomic mass is 79.9. The van der Waals surface area contributed by atoms with E-state index < -0.39 is 10.0 Å². The van der Waals surface area contributed by atoms with Crippen molar-refractivity contribution in [1.82, 2.24) is 4.98 Å². The molecule has 0 aliphatic rings. The third-order valence-electron chi connectivity index (χ3n) is 2.92. The minimum absolute atomic E-state index is 0.0290. The Bertz CT molecular complexity index is 748. The first-order chi connectivity index (χ1) is 9.94. The lowest BCUT2D eigenvalue weighted by Crippen LogP contribution is -2.16. The Morgan fingerprint density at radius 1 is 1.33 bits per heavy atom. The number of anilines is 2. The monoisotopic (exact) mass is 369 g/mol. The Morgan fingerprint density at radius 3 is 2.76 bits per heavy atom. The maximum Gasteiger partial charge on any atom is 0.265 e. The summed E-state index contributed by atoms with van der Waals surface area (Å²) in [7, 11) is -3.77. The van der Waals surface area contributed by atoms with E-state index in [9.17, 15) is 8.42 Å². The zero-order valence-electron chi connectivity index (χ0n) is 11.5. The molecule has 2 rings (SSSR count). The maximum absolute atomic E-state index is 12.5. The first kappa shape index (κ1) is 15.8. The van der Waals surface area contributed by atoms with E-state index in [2.05, 4.69) is 25.6 Å². The van der Waals surface area contributed by atoms with Gasteiger partial charge < -0.3 is 5.73 Å². The summed E-state index contributed by atoms with van der Waals surface area (Å²) in [5, 5.41) is 0. The summed E-state index contributed by atoms with van der Waals surface area (Å²) in [6, 6.07) is 8.76.